The van der Waals surface area contributed by atoms with Gasteiger partial charge in [-0.25, -0.2) is 0 Å². The molecule has 2 heteroatoms. The van der Waals surface area contributed by atoms with Crippen LogP contribution in [0.4, 0.5) is 0 Å². The number of hydrogen-bond acceptors (Lipinski definition) is 1. The molecular weight excluding hydrogens is 408 g/mol. The van der Waals surface area contributed by atoms with Crippen LogP contribution in [-0.4, -0.2) is 12.0 Å². The van der Waals surface area contributed by atoms with Gasteiger partial charge in [0.2, 0.25) is 0 Å². The van der Waals surface area contributed by atoms with Crippen LogP contribution in [-0.2, 0) is 0 Å². The third kappa shape index (κ3) is 4.10. The van der Waals surface area contributed by atoms with Crippen molar-refractivity contribution in [2.24, 2.45) is 0 Å². The SMILES string of the molecule is COc1ccc(S2=C(c3ccccc3)C=C(c3ccccc3)C=C2c2ccccc2)cc1. The van der Waals surface area contributed by atoms with Gasteiger partial charge in [-0.15, -0.1) is 10.5 Å². The highest BCUT2D eigenvalue weighted by Gasteiger charge is 2.20. The Hall–Kier alpha value is -3.62. The summed E-state index contributed by atoms with van der Waals surface area (Å²) in [4.78, 5) is 3.94. The second kappa shape index (κ2) is 9.25. The van der Waals surface area contributed by atoms with Crippen LogP contribution in [0, 0.1) is 0 Å². The first-order valence-electron chi connectivity index (χ1n) is 10.7. The molecule has 4 aromatic carbocycles. The number of ether oxygens (including phenoxy) is 1. The Balaban J connectivity index is 1.81. The van der Waals surface area contributed by atoms with Gasteiger partial charge < -0.3 is 4.74 Å². The molecule has 1 aliphatic heterocycles. The van der Waals surface area contributed by atoms with Crippen molar-refractivity contribution in [3.63, 3.8) is 0 Å². The highest BCUT2D eigenvalue weighted by atomic mass is 32.2. The van der Waals surface area contributed by atoms with Crippen LogP contribution in [0.2, 0.25) is 0 Å². The summed E-state index contributed by atoms with van der Waals surface area (Å²) in [5.41, 5.74) is 4.97. The first-order valence-corrected chi connectivity index (χ1v) is 11.9. The smallest absolute Gasteiger partial charge is 0.118 e. The van der Waals surface area contributed by atoms with Gasteiger partial charge in [0.05, 0.1) is 7.11 Å². The van der Waals surface area contributed by atoms with E-state index >= 15 is 0 Å². The molecule has 0 amide bonds. The molecule has 0 N–H and O–H groups in total. The lowest BCUT2D eigenvalue weighted by Crippen LogP contribution is -2.05. The molecule has 1 unspecified atom stereocenters. The molecule has 156 valence electrons. The van der Waals surface area contributed by atoms with Gasteiger partial charge in [0, 0.05) is 14.7 Å². The largest absolute Gasteiger partial charge is 0.497 e. The Morgan fingerprint density at radius 3 is 1.62 bits per heavy atom. The molecule has 0 aromatic heterocycles. The molecule has 0 radical (unpaired) electrons. The zero-order valence-corrected chi connectivity index (χ0v) is 18.8. The highest BCUT2D eigenvalue weighted by Crippen LogP contribution is 2.48. The third-order valence-corrected chi connectivity index (χ3v) is 7.86. The highest BCUT2D eigenvalue weighted by molar-refractivity contribution is 8.24. The molecule has 0 fully saturated rings. The number of benzene rings is 4. The standard InChI is InChI=1S/C30H24OS/c1-31-27-17-19-28(20-18-27)32-29(24-13-7-3-8-14-24)21-26(23-11-5-2-6-12-23)22-30(32)25-15-9-4-10-16-25/h2-22H,1H3. The van der Waals surface area contributed by atoms with Crippen molar-refractivity contribution in [1.82, 2.24) is 0 Å². The zero-order chi connectivity index (χ0) is 21.8. The molecular formula is C30H24OS. The molecule has 0 bridgehead atoms. The first kappa shape index (κ1) is 20.3. The minimum atomic E-state index is -0.244. The Morgan fingerprint density at radius 2 is 1.06 bits per heavy atom. The molecule has 5 rings (SSSR count). The normalized spacial score (nSPS) is 15.7. The summed E-state index contributed by atoms with van der Waals surface area (Å²) >= 11 is 0. The van der Waals surface area contributed by atoms with Gasteiger partial charge in [-0.05, 0) is 58.7 Å². The molecule has 1 heterocycles. The predicted molar refractivity (Wildman–Crippen MR) is 138 cm³/mol. The summed E-state index contributed by atoms with van der Waals surface area (Å²) in [7, 11) is 1.47. The minimum Gasteiger partial charge on any atom is -0.497 e. The predicted octanol–water partition coefficient (Wildman–Crippen LogP) is 7.68. The van der Waals surface area contributed by atoms with Crippen LogP contribution in [0.15, 0.2) is 132 Å². The van der Waals surface area contributed by atoms with Crippen molar-refractivity contribution >= 4 is 25.8 Å². The fourth-order valence-corrected chi connectivity index (χ4v) is 6.32. The van der Waals surface area contributed by atoms with Crippen molar-refractivity contribution in [2.45, 2.75) is 4.90 Å². The number of hydrogen-bond donors (Lipinski definition) is 0. The number of methoxy groups -OCH3 is 1. The molecule has 0 saturated carbocycles. The Morgan fingerprint density at radius 1 is 0.531 bits per heavy atom. The lowest BCUT2D eigenvalue weighted by molar-refractivity contribution is 0.414. The summed E-state index contributed by atoms with van der Waals surface area (Å²) in [5.74, 6) is 0.876. The van der Waals surface area contributed by atoms with Gasteiger partial charge >= 0.3 is 0 Å². The molecule has 0 aliphatic carbocycles. The Labute approximate surface area is 192 Å². The molecule has 1 nitrogen and oxygen atoms in total. The molecule has 32 heavy (non-hydrogen) atoms. The van der Waals surface area contributed by atoms with Crippen LogP contribution >= 0.6 is 10.5 Å². The maximum Gasteiger partial charge on any atom is 0.118 e. The van der Waals surface area contributed by atoms with E-state index in [-0.39, 0.29) is 10.5 Å². The first-order chi connectivity index (χ1) is 15.8. The van der Waals surface area contributed by atoms with E-state index in [1.807, 2.05) is 0 Å². The molecule has 1 aliphatic rings. The van der Waals surface area contributed by atoms with Crippen LogP contribution in [0.1, 0.15) is 16.7 Å². The van der Waals surface area contributed by atoms with Crippen LogP contribution in [0.5, 0.6) is 5.75 Å². The Kier molecular flexibility index (Phi) is 5.87. The minimum absolute atomic E-state index is 0.244. The lowest BCUT2D eigenvalue weighted by atomic mass is 10.0. The van der Waals surface area contributed by atoms with Crippen LogP contribution < -0.4 is 4.74 Å². The maximum atomic E-state index is 5.42. The quantitative estimate of drug-likeness (QED) is 0.294. The molecule has 1 atom stereocenters. The topological polar surface area (TPSA) is 9.23 Å². The second-order valence-electron chi connectivity index (χ2n) is 7.55. The van der Waals surface area contributed by atoms with Gasteiger partial charge in [-0.3, -0.25) is 0 Å². The average Bonchev–Trinajstić information content (AvgIpc) is 2.89. The third-order valence-electron chi connectivity index (χ3n) is 5.53. The van der Waals surface area contributed by atoms with Crippen molar-refractivity contribution in [1.29, 1.82) is 0 Å². The summed E-state index contributed by atoms with van der Waals surface area (Å²) in [6.45, 7) is 0. The van der Waals surface area contributed by atoms with E-state index < -0.39 is 0 Å². The van der Waals surface area contributed by atoms with E-state index in [1.54, 1.807) is 7.11 Å². The van der Waals surface area contributed by atoms with E-state index in [0.29, 0.717) is 0 Å². The molecule has 0 spiro atoms. The fraction of sp³-hybridized carbons (Fsp3) is 0.0333. The van der Waals surface area contributed by atoms with Gasteiger partial charge in [0.1, 0.15) is 5.75 Å². The van der Waals surface area contributed by atoms with E-state index in [4.69, 9.17) is 4.74 Å². The fourth-order valence-electron chi connectivity index (χ4n) is 3.93. The van der Waals surface area contributed by atoms with Crippen molar-refractivity contribution in [3.05, 3.63) is 144 Å². The molecule has 4 aromatic rings. The van der Waals surface area contributed by atoms with Gasteiger partial charge in [-0.1, -0.05) is 91.0 Å². The van der Waals surface area contributed by atoms with Gasteiger partial charge in [0.15, 0.2) is 0 Å². The summed E-state index contributed by atoms with van der Waals surface area (Å²) in [6.07, 6.45) is 4.73. The van der Waals surface area contributed by atoms with Crippen LogP contribution in [0.3, 0.4) is 0 Å². The van der Waals surface area contributed by atoms with Gasteiger partial charge in [-0.2, -0.15) is 0 Å². The summed E-state index contributed by atoms with van der Waals surface area (Å²) in [5, 5.41) is 0. The Bertz CT molecular complexity index is 1300. The maximum absolute atomic E-state index is 5.42. The zero-order valence-electron chi connectivity index (χ0n) is 17.9. The van der Waals surface area contributed by atoms with E-state index in [9.17, 15) is 0 Å². The number of rotatable bonds is 5. The van der Waals surface area contributed by atoms with E-state index in [1.165, 1.54) is 36.9 Å². The van der Waals surface area contributed by atoms with E-state index in [2.05, 4.69) is 127 Å². The average molecular weight is 433 g/mol. The van der Waals surface area contributed by atoms with Crippen molar-refractivity contribution in [3.8, 4) is 5.75 Å². The molecule has 0 saturated heterocycles. The van der Waals surface area contributed by atoms with Crippen molar-refractivity contribution in [2.75, 3.05) is 7.11 Å². The summed E-state index contributed by atoms with van der Waals surface area (Å²) < 4.78 is 5.42. The van der Waals surface area contributed by atoms with E-state index in [0.717, 1.165) is 5.75 Å². The monoisotopic (exact) mass is 432 g/mol. The van der Waals surface area contributed by atoms with Crippen molar-refractivity contribution < 1.29 is 4.74 Å². The lowest BCUT2D eigenvalue weighted by Gasteiger charge is -2.24. The summed E-state index contributed by atoms with van der Waals surface area (Å²) in [6, 6.07) is 40.6. The van der Waals surface area contributed by atoms with Crippen LogP contribution in [0.25, 0.3) is 10.5 Å². The van der Waals surface area contributed by atoms with Gasteiger partial charge in [0.25, 0.3) is 0 Å². The second-order valence-corrected chi connectivity index (χ2v) is 9.52. The number of allylic oxidation sites excluding steroid dienone is 3.